The van der Waals surface area contributed by atoms with E-state index >= 15 is 0 Å². The molecule has 0 radical (unpaired) electrons. The van der Waals surface area contributed by atoms with Crippen molar-refractivity contribution in [1.82, 2.24) is 0 Å². The maximum absolute atomic E-state index is 12.0. The maximum Gasteiger partial charge on any atom is 0.391 e. The second kappa shape index (κ2) is 5.94. The molecule has 0 fully saturated rings. The van der Waals surface area contributed by atoms with Gasteiger partial charge in [0, 0.05) is 10.7 Å². The van der Waals surface area contributed by atoms with Crippen LogP contribution in [0.1, 0.15) is 32.6 Å². The third kappa shape index (κ3) is 8.99. The molecule has 92 valence electrons. The van der Waals surface area contributed by atoms with Crippen molar-refractivity contribution in [2.45, 2.75) is 38.8 Å². The molecule has 2 nitrogen and oxygen atoms in total. The van der Waals surface area contributed by atoms with Crippen molar-refractivity contribution in [2.24, 2.45) is 5.92 Å². The molecule has 0 aromatic carbocycles. The van der Waals surface area contributed by atoms with Gasteiger partial charge in [-0.2, -0.15) is 13.2 Å². The van der Waals surface area contributed by atoms with Crippen LogP contribution in [-0.4, -0.2) is 20.3 Å². The van der Waals surface area contributed by atoms with Gasteiger partial charge in [-0.3, -0.25) is 0 Å². The predicted molar refractivity (Wildman–Crippen MR) is 53.3 cm³/mol. The van der Waals surface area contributed by atoms with Crippen molar-refractivity contribution in [3.8, 4) is 0 Å². The second-order valence-electron chi connectivity index (χ2n) is 3.53. The molecule has 7 heteroatoms. The van der Waals surface area contributed by atoms with Gasteiger partial charge < -0.3 is 0 Å². The van der Waals surface area contributed by atoms with Crippen LogP contribution < -0.4 is 0 Å². The van der Waals surface area contributed by atoms with Gasteiger partial charge in [0.25, 0.3) is 0 Å². The van der Waals surface area contributed by atoms with Crippen molar-refractivity contribution in [3.63, 3.8) is 0 Å². The van der Waals surface area contributed by atoms with E-state index in [1.54, 1.807) is 0 Å². The van der Waals surface area contributed by atoms with Crippen LogP contribution in [0.2, 0.25) is 0 Å². The smallest absolute Gasteiger partial charge is 0.212 e. The second-order valence-corrected chi connectivity index (χ2v) is 6.43. The highest BCUT2D eigenvalue weighted by atomic mass is 35.7. The van der Waals surface area contributed by atoms with Crippen LogP contribution in [-0.2, 0) is 9.05 Å². The Bertz CT molecular complexity index is 274. The molecule has 15 heavy (non-hydrogen) atoms. The first-order chi connectivity index (χ1) is 6.63. The minimum absolute atomic E-state index is 0.0336. The van der Waals surface area contributed by atoms with Crippen LogP contribution in [0, 0.1) is 5.92 Å². The molecule has 0 saturated heterocycles. The molecule has 0 bridgehead atoms. The topological polar surface area (TPSA) is 34.1 Å². The van der Waals surface area contributed by atoms with Gasteiger partial charge >= 0.3 is 6.18 Å². The summed E-state index contributed by atoms with van der Waals surface area (Å²) in [6, 6.07) is 0. The molecule has 0 N–H and O–H groups in total. The average molecular weight is 267 g/mol. The number of alkyl halides is 3. The van der Waals surface area contributed by atoms with Gasteiger partial charge in [0.15, 0.2) is 0 Å². The lowest BCUT2D eigenvalue weighted by molar-refractivity contribution is -0.171. The highest BCUT2D eigenvalue weighted by Gasteiger charge is 2.34. The van der Waals surface area contributed by atoms with Crippen molar-refractivity contribution in [1.29, 1.82) is 0 Å². The fraction of sp³-hybridized carbons (Fsp3) is 1.00. The molecular formula is C8H14ClF3O2S. The number of hydrogen-bond acceptors (Lipinski definition) is 2. The van der Waals surface area contributed by atoms with Gasteiger partial charge in [-0.15, -0.1) is 0 Å². The van der Waals surface area contributed by atoms with Gasteiger partial charge in [0.1, 0.15) is 0 Å². The zero-order chi connectivity index (χ0) is 12.1. The van der Waals surface area contributed by atoms with E-state index in [0.717, 1.165) is 6.92 Å². The van der Waals surface area contributed by atoms with Gasteiger partial charge in [0.05, 0.1) is 11.7 Å². The molecule has 0 spiro atoms. The van der Waals surface area contributed by atoms with Gasteiger partial charge in [-0.05, 0) is 12.8 Å². The molecular weight excluding hydrogens is 253 g/mol. The molecule has 1 unspecified atom stereocenters. The van der Waals surface area contributed by atoms with Crippen LogP contribution in [0.25, 0.3) is 0 Å². The fourth-order valence-electron chi connectivity index (χ4n) is 1.07. The van der Waals surface area contributed by atoms with Crippen LogP contribution in [0.15, 0.2) is 0 Å². The summed E-state index contributed by atoms with van der Waals surface area (Å²) in [5.74, 6) is -1.50. The minimum Gasteiger partial charge on any atom is -0.212 e. The van der Waals surface area contributed by atoms with E-state index in [0.29, 0.717) is 19.3 Å². The lowest BCUT2D eigenvalue weighted by Gasteiger charge is -2.14. The van der Waals surface area contributed by atoms with Crippen molar-refractivity contribution in [3.05, 3.63) is 0 Å². The summed E-state index contributed by atoms with van der Waals surface area (Å²) in [5, 5.41) is 0. The molecule has 0 heterocycles. The molecule has 0 aliphatic carbocycles. The number of hydrogen-bond donors (Lipinski definition) is 0. The zero-order valence-electron chi connectivity index (χ0n) is 8.35. The minimum atomic E-state index is -4.15. The maximum atomic E-state index is 12.0. The summed E-state index contributed by atoms with van der Waals surface area (Å²) in [6.07, 6.45) is -2.99. The first-order valence-corrected chi connectivity index (χ1v) is 7.10. The highest BCUT2D eigenvalue weighted by Crippen LogP contribution is 2.29. The van der Waals surface area contributed by atoms with E-state index < -0.39 is 21.1 Å². The average Bonchev–Trinajstić information content (AvgIpc) is 1.99. The SMILES string of the molecule is CC(CCCCCS(=O)(=O)Cl)C(F)(F)F. The van der Waals surface area contributed by atoms with Crippen LogP contribution in [0.5, 0.6) is 0 Å². The Labute approximate surface area is 92.2 Å². The number of unbranched alkanes of at least 4 members (excludes halogenated alkanes) is 2. The molecule has 0 aromatic heterocycles. The first kappa shape index (κ1) is 15.0. The van der Waals surface area contributed by atoms with Crippen LogP contribution in [0.4, 0.5) is 13.2 Å². The summed E-state index contributed by atoms with van der Waals surface area (Å²) in [7, 11) is 1.44. The normalized spacial score (nSPS) is 15.3. The van der Waals surface area contributed by atoms with Crippen molar-refractivity contribution in [2.75, 3.05) is 5.75 Å². The predicted octanol–water partition coefficient (Wildman–Crippen LogP) is 3.31. The molecule has 0 aliphatic rings. The molecule has 0 aromatic rings. The quantitative estimate of drug-likeness (QED) is 0.546. The summed E-state index contributed by atoms with van der Waals surface area (Å²) in [4.78, 5) is 0. The van der Waals surface area contributed by atoms with Crippen LogP contribution >= 0.6 is 10.7 Å². The Hall–Kier alpha value is 0.0300. The Morgan fingerprint density at radius 2 is 1.73 bits per heavy atom. The largest absolute Gasteiger partial charge is 0.391 e. The lowest BCUT2D eigenvalue weighted by Crippen LogP contribution is -2.19. The van der Waals surface area contributed by atoms with Gasteiger partial charge in [0.2, 0.25) is 9.05 Å². The Balaban J connectivity index is 3.56. The van der Waals surface area contributed by atoms with E-state index in [4.69, 9.17) is 10.7 Å². The summed E-state index contributed by atoms with van der Waals surface area (Å²) < 4.78 is 57.0. The third-order valence-corrected chi connectivity index (χ3v) is 3.32. The molecule has 0 saturated carbocycles. The standard InChI is InChI=1S/C8H14ClF3O2S/c1-7(8(10,11)12)5-3-2-4-6-15(9,13)14/h7H,2-6H2,1H3. The van der Waals surface area contributed by atoms with E-state index in [1.165, 1.54) is 0 Å². The first-order valence-electron chi connectivity index (χ1n) is 4.62. The molecule has 0 amide bonds. The monoisotopic (exact) mass is 266 g/mol. The van der Waals surface area contributed by atoms with E-state index in [2.05, 4.69) is 0 Å². The molecule has 0 rings (SSSR count). The zero-order valence-corrected chi connectivity index (χ0v) is 9.92. The van der Waals surface area contributed by atoms with Gasteiger partial charge in [-0.25, -0.2) is 8.42 Å². The Morgan fingerprint density at radius 3 is 2.13 bits per heavy atom. The molecule has 1 atom stereocenters. The van der Waals surface area contributed by atoms with Crippen LogP contribution in [0.3, 0.4) is 0 Å². The van der Waals surface area contributed by atoms with Crippen molar-refractivity contribution < 1.29 is 21.6 Å². The summed E-state index contributed by atoms with van der Waals surface area (Å²) >= 11 is 0. The van der Waals surface area contributed by atoms with E-state index in [-0.39, 0.29) is 12.2 Å². The number of halogens is 4. The Kier molecular flexibility index (Phi) is 5.95. The number of rotatable bonds is 6. The highest BCUT2D eigenvalue weighted by molar-refractivity contribution is 8.13. The Morgan fingerprint density at radius 1 is 1.20 bits per heavy atom. The van der Waals surface area contributed by atoms with E-state index in [1.807, 2.05) is 0 Å². The third-order valence-electron chi connectivity index (χ3n) is 2.08. The molecule has 0 aliphatic heterocycles. The fourth-order valence-corrected chi connectivity index (χ4v) is 1.94. The van der Waals surface area contributed by atoms with E-state index in [9.17, 15) is 21.6 Å². The lowest BCUT2D eigenvalue weighted by atomic mass is 10.0. The van der Waals surface area contributed by atoms with Crippen molar-refractivity contribution >= 4 is 19.7 Å². The van der Waals surface area contributed by atoms with Gasteiger partial charge in [-0.1, -0.05) is 19.8 Å². The summed E-state index contributed by atoms with van der Waals surface area (Å²) in [5.41, 5.74) is 0. The summed E-state index contributed by atoms with van der Waals surface area (Å²) in [6.45, 7) is 1.12.